The molecule has 0 saturated heterocycles. The largest absolute Gasteiger partial charge is 0.508 e. The minimum Gasteiger partial charge on any atom is -0.508 e. The first-order chi connectivity index (χ1) is 5.79. The molecule has 0 bridgehead atoms. The fourth-order valence-electron chi connectivity index (χ4n) is 1.18. The van der Waals surface area contributed by atoms with Crippen molar-refractivity contribution >= 4 is 10.9 Å². The first-order valence-electron chi connectivity index (χ1n) is 3.51. The summed E-state index contributed by atoms with van der Waals surface area (Å²) < 4.78 is 0. The number of hydrogen-bond donors (Lipinski definition) is 2. The molecule has 1 aromatic carbocycles. The Hall–Kier alpha value is -1.95. The van der Waals surface area contributed by atoms with Gasteiger partial charge in [0.25, 0.3) is 0 Å². The van der Waals surface area contributed by atoms with Crippen molar-refractivity contribution in [1.82, 2.24) is 4.98 Å². The lowest BCUT2D eigenvalue weighted by atomic mass is 10.2. The second-order valence-electron chi connectivity index (χ2n) is 2.57. The summed E-state index contributed by atoms with van der Waals surface area (Å²) in [7, 11) is 0. The predicted octanol–water partition coefficient (Wildman–Crippen LogP) is 1.75. The summed E-state index contributed by atoms with van der Waals surface area (Å²) in [5, 5.41) is 18.6. The monoisotopic (exact) mass is 158 g/mol. The lowest BCUT2D eigenvalue weighted by molar-refractivity contribution is 0.476. The van der Waals surface area contributed by atoms with E-state index in [-0.39, 0.29) is 5.75 Å². The average molecular weight is 158 g/mol. The number of aromatic amines is 1. The minimum atomic E-state index is 0.203. The van der Waals surface area contributed by atoms with Crippen molar-refractivity contribution in [2.24, 2.45) is 0 Å². The van der Waals surface area contributed by atoms with Crippen LogP contribution in [0.1, 0.15) is 5.69 Å². The van der Waals surface area contributed by atoms with Gasteiger partial charge in [-0.25, -0.2) is 0 Å². The molecule has 12 heavy (non-hydrogen) atoms. The van der Waals surface area contributed by atoms with Crippen LogP contribution in [-0.4, -0.2) is 10.1 Å². The number of rotatable bonds is 0. The van der Waals surface area contributed by atoms with Gasteiger partial charge in [0.15, 0.2) is 0 Å². The number of nitriles is 1. The van der Waals surface area contributed by atoms with Gasteiger partial charge in [-0.2, -0.15) is 5.26 Å². The van der Waals surface area contributed by atoms with Gasteiger partial charge < -0.3 is 10.1 Å². The quantitative estimate of drug-likeness (QED) is 0.613. The van der Waals surface area contributed by atoms with Crippen molar-refractivity contribution in [1.29, 1.82) is 5.26 Å². The summed E-state index contributed by atoms with van der Waals surface area (Å²) in [5.74, 6) is 0.203. The Bertz CT molecular complexity index is 465. The van der Waals surface area contributed by atoms with Crippen molar-refractivity contribution in [2.75, 3.05) is 0 Å². The zero-order valence-electron chi connectivity index (χ0n) is 6.20. The number of nitrogens with zero attached hydrogens (tertiary/aromatic N) is 1. The molecule has 2 rings (SSSR count). The third kappa shape index (κ3) is 0.903. The molecule has 0 aliphatic heterocycles. The van der Waals surface area contributed by atoms with Crippen LogP contribution in [0.4, 0.5) is 0 Å². The van der Waals surface area contributed by atoms with E-state index in [1.54, 1.807) is 24.3 Å². The lowest BCUT2D eigenvalue weighted by Crippen LogP contribution is -1.69. The predicted molar refractivity (Wildman–Crippen MR) is 44.7 cm³/mol. The van der Waals surface area contributed by atoms with E-state index in [9.17, 15) is 0 Å². The van der Waals surface area contributed by atoms with Gasteiger partial charge in [0, 0.05) is 11.5 Å². The summed E-state index contributed by atoms with van der Waals surface area (Å²) in [6.07, 6.45) is 0. The molecule has 0 saturated carbocycles. The number of aromatic nitrogens is 1. The zero-order chi connectivity index (χ0) is 8.55. The van der Waals surface area contributed by atoms with Crippen LogP contribution >= 0.6 is 0 Å². The number of phenolic OH excluding ortho intramolecular Hbond substituents is 1. The minimum absolute atomic E-state index is 0.203. The molecular formula is C9H6N2O. The molecule has 3 nitrogen and oxygen atoms in total. The number of phenols is 1. The van der Waals surface area contributed by atoms with Gasteiger partial charge >= 0.3 is 0 Å². The van der Waals surface area contributed by atoms with E-state index in [1.807, 2.05) is 6.07 Å². The fraction of sp³-hybridized carbons (Fsp3) is 0. The third-order valence-electron chi connectivity index (χ3n) is 1.73. The molecule has 2 aromatic rings. The summed E-state index contributed by atoms with van der Waals surface area (Å²) in [5.41, 5.74) is 1.29. The molecule has 0 aliphatic rings. The van der Waals surface area contributed by atoms with Crippen molar-refractivity contribution in [2.45, 2.75) is 0 Å². The number of H-pyrrole nitrogens is 1. The Morgan fingerprint density at radius 2 is 2.17 bits per heavy atom. The highest BCUT2D eigenvalue weighted by Gasteiger charge is 1.99. The maximum atomic E-state index is 9.11. The Kier molecular flexibility index (Phi) is 1.28. The lowest BCUT2D eigenvalue weighted by Gasteiger charge is -1.89. The highest BCUT2D eigenvalue weighted by Crippen LogP contribution is 2.19. The second-order valence-corrected chi connectivity index (χ2v) is 2.57. The molecular weight excluding hydrogens is 152 g/mol. The number of fused-ring (bicyclic) bond motifs is 1. The van der Waals surface area contributed by atoms with Gasteiger partial charge in [-0.1, -0.05) is 0 Å². The molecule has 0 spiro atoms. The molecule has 0 atom stereocenters. The second kappa shape index (κ2) is 2.28. The van der Waals surface area contributed by atoms with Gasteiger partial charge in [-0.05, 0) is 18.2 Å². The van der Waals surface area contributed by atoms with Crippen LogP contribution in [0, 0.1) is 11.3 Å². The van der Waals surface area contributed by atoms with Gasteiger partial charge in [-0.15, -0.1) is 0 Å². The molecule has 2 N–H and O–H groups in total. The zero-order valence-corrected chi connectivity index (χ0v) is 6.20. The van der Waals surface area contributed by atoms with Gasteiger partial charge in [-0.3, -0.25) is 0 Å². The van der Waals surface area contributed by atoms with E-state index in [0.717, 1.165) is 10.9 Å². The smallest absolute Gasteiger partial charge is 0.118 e. The Labute approximate surface area is 68.9 Å². The first-order valence-corrected chi connectivity index (χ1v) is 3.51. The normalized spacial score (nSPS) is 9.92. The van der Waals surface area contributed by atoms with E-state index in [0.29, 0.717) is 5.69 Å². The van der Waals surface area contributed by atoms with Crippen molar-refractivity contribution in [3.05, 3.63) is 30.0 Å². The van der Waals surface area contributed by atoms with Crippen LogP contribution in [-0.2, 0) is 0 Å². The molecule has 58 valence electrons. The molecule has 1 aromatic heterocycles. The standard InChI is InChI=1S/C9H6N2O/c10-5-7-3-6-1-2-8(12)4-9(6)11-7/h1-4,11-12H. The number of aromatic hydroxyl groups is 1. The van der Waals surface area contributed by atoms with Crippen LogP contribution in [0.5, 0.6) is 5.75 Å². The molecule has 0 fully saturated rings. The van der Waals surface area contributed by atoms with E-state index < -0.39 is 0 Å². The van der Waals surface area contributed by atoms with Crippen molar-refractivity contribution in [3.63, 3.8) is 0 Å². The highest BCUT2D eigenvalue weighted by molar-refractivity contribution is 5.82. The maximum absolute atomic E-state index is 9.11. The summed E-state index contributed by atoms with van der Waals surface area (Å²) in [6.45, 7) is 0. The number of benzene rings is 1. The Morgan fingerprint density at radius 3 is 2.92 bits per heavy atom. The topological polar surface area (TPSA) is 59.8 Å². The highest BCUT2D eigenvalue weighted by atomic mass is 16.3. The van der Waals surface area contributed by atoms with Crippen molar-refractivity contribution in [3.8, 4) is 11.8 Å². The SMILES string of the molecule is N#Cc1cc2ccc(O)cc2[nH]1. The number of nitrogens with one attached hydrogen (secondary N) is 1. The van der Waals surface area contributed by atoms with E-state index in [4.69, 9.17) is 10.4 Å². The van der Waals surface area contributed by atoms with E-state index in [1.165, 1.54) is 0 Å². The summed E-state index contributed by atoms with van der Waals surface area (Å²) in [4.78, 5) is 2.86. The van der Waals surface area contributed by atoms with Crippen molar-refractivity contribution < 1.29 is 5.11 Å². The fourth-order valence-corrected chi connectivity index (χ4v) is 1.18. The van der Waals surface area contributed by atoms with Crippen LogP contribution in [0.15, 0.2) is 24.3 Å². The maximum Gasteiger partial charge on any atom is 0.118 e. The van der Waals surface area contributed by atoms with E-state index in [2.05, 4.69) is 4.98 Å². The van der Waals surface area contributed by atoms with Gasteiger partial charge in [0.2, 0.25) is 0 Å². The molecule has 0 amide bonds. The molecule has 3 heteroatoms. The Balaban J connectivity index is 2.77. The third-order valence-corrected chi connectivity index (χ3v) is 1.73. The Morgan fingerprint density at radius 1 is 1.33 bits per heavy atom. The van der Waals surface area contributed by atoms with Gasteiger partial charge in [0.1, 0.15) is 17.5 Å². The summed E-state index contributed by atoms with van der Waals surface area (Å²) in [6, 6.07) is 8.70. The van der Waals surface area contributed by atoms with Crippen LogP contribution in [0.25, 0.3) is 10.9 Å². The molecule has 0 radical (unpaired) electrons. The molecule has 1 heterocycles. The average Bonchev–Trinajstić information content (AvgIpc) is 2.46. The summed E-state index contributed by atoms with van der Waals surface area (Å²) >= 11 is 0. The molecule has 0 aliphatic carbocycles. The van der Waals surface area contributed by atoms with Gasteiger partial charge in [0.05, 0.1) is 5.52 Å². The van der Waals surface area contributed by atoms with Crippen LogP contribution in [0.2, 0.25) is 0 Å². The van der Waals surface area contributed by atoms with Crippen LogP contribution in [0.3, 0.4) is 0 Å². The van der Waals surface area contributed by atoms with E-state index >= 15 is 0 Å². The van der Waals surface area contributed by atoms with Crippen LogP contribution < -0.4 is 0 Å². The number of hydrogen-bond acceptors (Lipinski definition) is 2. The molecule has 0 unspecified atom stereocenters. The first kappa shape index (κ1) is 6.74.